The van der Waals surface area contributed by atoms with Gasteiger partial charge in [0.25, 0.3) is 0 Å². The van der Waals surface area contributed by atoms with Crippen LogP contribution in [0.15, 0.2) is 94.7 Å². The first-order chi connectivity index (χ1) is 20.1. The van der Waals surface area contributed by atoms with Crippen LogP contribution in [0.3, 0.4) is 0 Å². The smallest absolute Gasteiger partial charge is 0.227 e. The first kappa shape index (κ1) is 30.5. The van der Waals surface area contributed by atoms with Gasteiger partial charge in [0.15, 0.2) is 0 Å². The van der Waals surface area contributed by atoms with E-state index in [1.54, 1.807) is 0 Å². The van der Waals surface area contributed by atoms with Crippen molar-refractivity contribution in [1.29, 1.82) is 0 Å². The van der Waals surface area contributed by atoms with Gasteiger partial charge in [0.05, 0.1) is 17.7 Å². The largest absolute Gasteiger partial charge is 0.377 e. The van der Waals surface area contributed by atoms with Crippen molar-refractivity contribution >= 4 is 17.8 Å². The molecule has 2 aliphatic carbocycles. The molecule has 2 N–H and O–H groups in total. The Morgan fingerprint density at radius 2 is 1.78 bits per heavy atom. The van der Waals surface area contributed by atoms with Crippen LogP contribution in [-0.4, -0.2) is 67.2 Å². The van der Waals surface area contributed by atoms with Crippen molar-refractivity contribution in [3.8, 4) is 0 Å². The van der Waals surface area contributed by atoms with Crippen LogP contribution in [0.5, 0.6) is 0 Å². The van der Waals surface area contributed by atoms with Crippen LogP contribution in [0.25, 0.3) is 0 Å². The summed E-state index contributed by atoms with van der Waals surface area (Å²) in [6, 6.07) is 6.36. The predicted octanol–water partition coefficient (Wildman–Crippen LogP) is 6.03. The van der Waals surface area contributed by atoms with E-state index in [-0.39, 0.29) is 12.0 Å². The standard InChI is InChI=1S/C35H47N5O/c1-5-28-18-14-20-31-32(28)35(38-36-26-41)33(29-16-11-9-10-12-17-29)34(37-31)30-19-13-15-27(21-22-30)25-40(8-4)24-23-39(6-2)7-3/h9-11,13-14,16-22,26,33-34,37H,5-8,12,15,23-25H2,1-4H3,(H,36,41)/b38-35+. The Kier molecular flexibility index (Phi) is 11.5. The van der Waals surface area contributed by atoms with E-state index >= 15 is 0 Å². The summed E-state index contributed by atoms with van der Waals surface area (Å²) < 4.78 is 0. The lowest BCUT2D eigenvalue weighted by atomic mass is 9.75. The average molecular weight is 554 g/mol. The van der Waals surface area contributed by atoms with Gasteiger partial charge in [-0.3, -0.25) is 9.69 Å². The fraction of sp³-hybridized carbons (Fsp3) is 0.429. The zero-order chi connectivity index (χ0) is 29.0. The Labute approximate surface area is 247 Å². The Morgan fingerprint density at radius 1 is 0.976 bits per heavy atom. The van der Waals surface area contributed by atoms with Crippen LogP contribution < -0.4 is 10.7 Å². The third-order valence-electron chi connectivity index (χ3n) is 8.41. The maximum absolute atomic E-state index is 11.4. The number of benzene rings is 1. The molecule has 0 aromatic heterocycles. The summed E-state index contributed by atoms with van der Waals surface area (Å²) in [6.45, 7) is 15.3. The predicted molar refractivity (Wildman–Crippen MR) is 173 cm³/mol. The second-order valence-electron chi connectivity index (χ2n) is 10.8. The van der Waals surface area contributed by atoms with Crippen molar-refractivity contribution < 1.29 is 4.79 Å². The van der Waals surface area contributed by atoms with Gasteiger partial charge < -0.3 is 10.2 Å². The lowest BCUT2D eigenvalue weighted by Gasteiger charge is -2.38. The number of hydrogen-bond donors (Lipinski definition) is 2. The molecule has 2 atom stereocenters. The first-order valence-electron chi connectivity index (χ1n) is 15.3. The van der Waals surface area contributed by atoms with E-state index in [0.29, 0.717) is 6.41 Å². The summed E-state index contributed by atoms with van der Waals surface area (Å²) in [7, 11) is 0. The maximum atomic E-state index is 11.4. The molecule has 2 unspecified atom stereocenters. The molecule has 6 nitrogen and oxygen atoms in total. The van der Waals surface area contributed by atoms with Gasteiger partial charge >= 0.3 is 0 Å². The molecule has 1 aromatic rings. The number of nitrogens with one attached hydrogen (secondary N) is 2. The number of rotatable bonds is 13. The number of likely N-dealkylation sites (N-methyl/N-ethyl adjacent to an activating group) is 2. The van der Waals surface area contributed by atoms with Crippen LogP contribution >= 0.6 is 0 Å². The number of hydrazone groups is 1. The summed E-state index contributed by atoms with van der Waals surface area (Å²) in [6.07, 6.45) is 23.4. The molecule has 1 aliphatic heterocycles. The molecule has 6 heteroatoms. The van der Waals surface area contributed by atoms with E-state index in [4.69, 9.17) is 5.10 Å². The molecule has 0 spiro atoms. The number of aryl methyl sites for hydroxylation is 1. The third-order valence-corrected chi connectivity index (χ3v) is 8.41. The highest BCUT2D eigenvalue weighted by Gasteiger charge is 2.38. The zero-order valence-corrected chi connectivity index (χ0v) is 25.3. The Balaban J connectivity index is 1.70. The van der Waals surface area contributed by atoms with Gasteiger partial charge in [-0.25, -0.2) is 5.43 Å². The normalized spacial score (nSPS) is 21.1. The number of carbonyl (C=O) groups excluding carboxylic acids is 1. The Hall–Kier alpha value is -3.48. The maximum Gasteiger partial charge on any atom is 0.227 e. The number of nitrogens with zero attached hydrogens (tertiary/aromatic N) is 3. The Morgan fingerprint density at radius 3 is 2.54 bits per heavy atom. The van der Waals surface area contributed by atoms with E-state index < -0.39 is 0 Å². The summed E-state index contributed by atoms with van der Waals surface area (Å²) in [5.74, 6) is -0.0640. The molecule has 0 bridgehead atoms. The van der Waals surface area contributed by atoms with E-state index in [2.05, 4.69) is 121 Å². The number of carbonyl (C=O) groups is 1. The van der Waals surface area contributed by atoms with Crippen LogP contribution in [0.2, 0.25) is 0 Å². The Bertz CT molecular complexity index is 1260. The molecule has 1 amide bonds. The second kappa shape index (κ2) is 15.5. The minimum atomic E-state index is -0.0640. The van der Waals surface area contributed by atoms with Gasteiger partial charge in [-0.1, -0.05) is 100 Å². The number of anilines is 1. The van der Waals surface area contributed by atoms with Crippen molar-refractivity contribution in [1.82, 2.24) is 15.2 Å². The fourth-order valence-electron chi connectivity index (χ4n) is 6.02. The lowest BCUT2D eigenvalue weighted by Crippen LogP contribution is -2.43. The third kappa shape index (κ3) is 7.63. The van der Waals surface area contributed by atoms with Gasteiger partial charge in [0.2, 0.25) is 6.41 Å². The van der Waals surface area contributed by atoms with Crippen molar-refractivity contribution in [3.63, 3.8) is 0 Å². The summed E-state index contributed by atoms with van der Waals surface area (Å²) >= 11 is 0. The summed E-state index contributed by atoms with van der Waals surface area (Å²) in [5.41, 5.74) is 10.8. The first-order valence-corrected chi connectivity index (χ1v) is 15.3. The van der Waals surface area contributed by atoms with Crippen molar-refractivity contribution in [3.05, 3.63) is 101 Å². The van der Waals surface area contributed by atoms with Crippen LogP contribution in [0.1, 0.15) is 51.7 Å². The van der Waals surface area contributed by atoms with Crippen LogP contribution in [0, 0.1) is 5.92 Å². The highest BCUT2D eigenvalue weighted by Crippen LogP contribution is 2.39. The quantitative estimate of drug-likeness (QED) is 0.231. The molecule has 0 radical (unpaired) electrons. The fourth-order valence-corrected chi connectivity index (χ4v) is 6.02. The van der Waals surface area contributed by atoms with E-state index in [9.17, 15) is 4.79 Å². The number of amides is 1. The minimum absolute atomic E-state index is 0.0346. The van der Waals surface area contributed by atoms with E-state index in [1.165, 1.54) is 22.3 Å². The SMILES string of the molecule is CCc1cccc2c1/C(=N\NC=O)C(C1=CCC=CC=C1)C(C1=CC=C(CN(CC)CCN(CC)CC)CC=C1)N2. The van der Waals surface area contributed by atoms with Gasteiger partial charge in [-0.05, 0) is 61.7 Å². The molecule has 4 rings (SSSR count). The number of allylic oxidation sites excluding steroid dienone is 8. The van der Waals surface area contributed by atoms with Gasteiger partial charge in [-0.15, -0.1) is 0 Å². The van der Waals surface area contributed by atoms with Crippen LogP contribution in [-0.2, 0) is 11.2 Å². The zero-order valence-electron chi connectivity index (χ0n) is 25.3. The summed E-state index contributed by atoms with van der Waals surface area (Å²) in [5, 5.41) is 8.61. The second-order valence-corrected chi connectivity index (χ2v) is 10.8. The molecular formula is C35H47N5O. The van der Waals surface area contributed by atoms with Crippen LogP contribution in [0.4, 0.5) is 5.69 Å². The summed E-state index contributed by atoms with van der Waals surface area (Å²) in [4.78, 5) is 16.5. The molecule has 0 saturated heterocycles. The number of fused-ring (bicyclic) bond motifs is 1. The highest BCUT2D eigenvalue weighted by atomic mass is 16.1. The van der Waals surface area contributed by atoms with Crippen molar-refractivity contribution in [2.75, 3.05) is 44.6 Å². The van der Waals surface area contributed by atoms with Gasteiger partial charge in [0.1, 0.15) is 0 Å². The minimum Gasteiger partial charge on any atom is -0.377 e. The highest BCUT2D eigenvalue weighted by molar-refractivity contribution is 6.12. The van der Waals surface area contributed by atoms with E-state index in [1.807, 2.05) is 0 Å². The molecule has 41 heavy (non-hydrogen) atoms. The lowest BCUT2D eigenvalue weighted by molar-refractivity contribution is -0.109. The molecule has 1 heterocycles. The molecule has 1 aromatic carbocycles. The number of hydrogen-bond acceptors (Lipinski definition) is 5. The average Bonchev–Trinajstić information content (AvgIpc) is 3.42. The van der Waals surface area contributed by atoms with Gasteiger partial charge in [0, 0.05) is 30.9 Å². The molecule has 0 fully saturated rings. The molecule has 0 saturated carbocycles. The monoisotopic (exact) mass is 553 g/mol. The topological polar surface area (TPSA) is 60.0 Å². The molecular weight excluding hydrogens is 506 g/mol. The van der Waals surface area contributed by atoms with Gasteiger partial charge in [-0.2, -0.15) is 5.10 Å². The van der Waals surface area contributed by atoms with Crippen molar-refractivity contribution in [2.45, 2.75) is 53.0 Å². The molecule has 218 valence electrons. The molecule has 3 aliphatic rings. The van der Waals surface area contributed by atoms with Crippen molar-refractivity contribution in [2.24, 2.45) is 11.0 Å². The van der Waals surface area contributed by atoms with E-state index in [0.717, 1.165) is 75.5 Å².